The summed E-state index contributed by atoms with van der Waals surface area (Å²) >= 11 is 0. The lowest BCUT2D eigenvalue weighted by Gasteiger charge is -2.21. The lowest BCUT2D eigenvalue weighted by molar-refractivity contribution is 0.0839. The van der Waals surface area contributed by atoms with Gasteiger partial charge in [0.25, 0.3) is 0 Å². The summed E-state index contributed by atoms with van der Waals surface area (Å²) in [7, 11) is 0. The van der Waals surface area contributed by atoms with Gasteiger partial charge < -0.3 is 10.0 Å². The van der Waals surface area contributed by atoms with Gasteiger partial charge in [-0.25, -0.2) is 8.78 Å². The first-order chi connectivity index (χ1) is 7.94. The van der Waals surface area contributed by atoms with Gasteiger partial charge in [-0.15, -0.1) is 0 Å². The monoisotopic (exact) mass is 238 g/mol. The van der Waals surface area contributed by atoms with Crippen molar-refractivity contribution in [1.82, 2.24) is 0 Å². The number of nitrogens with zero attached hydrogens (tertiary/aromatic N) is 2. The van der Waals surface area contributed by atoms with Crippen molar-refractivity contribution < 1.29 is 13.9 Å². The quantitative estimate of drug-likeness (QED) is 0.811. The molecule has 1 aliphatic heterocycles. The molecule has 0 radical (unpaired) electrons. The number of halogens is 2. The van der Waals surface area contributed by atoms with Crippen LogP contribution in [0.1, 0.15) is 18.9 Å². The van der Waals surface area contributed by atoms with Crippen LogP contribution in [0.25, 0.3) is 0 Å². The molecule has 90 valence electrons. The maximum Gasteiger partial charge on any atom is 0.183 e. The van der Waals surface area contributed by atoms with E-state index in [1.54, 1.807) is 17.9 Å². The van der Waals surface area contributed by atoms with Gasteiger partial charge in [0.2, 0.25) is 0 Å². The van der Waals surface area contributed by atoms with Crippen molar-refractivity contribution in [3.05, 3.63) is 29.3 Å². The molecule has 1 aromatic carbocycles. The molecule has 0 aromatic heterocycles. The highest BCUT2D eigenvalue weighted by atomic mass is 19.2. The predicted molar refractivity (Wildman–Crippen MR) is 58.5 cm³/mol. The molecule has 0 amide bonds. The zero-order valence-corrected chi connectivity index (χ0v) is 9.37. The average molecular weight is 238 g/mol. The van der Waals surface area contributed by atoms with Gasteiger partial charge >= 0.3 is 0 Å². The van der Waals surface area contributed by atoms with Crippen LogP contribution < -0.4 is 4.90 Å². The van der Waals surface area contributed by atoms with E-state index < -0.39 is 17.2 Å². The molecule has 2 rings (SSSR count). The van der Waals surface area contributed by atoms with Crippen LogP contribution in [0.15, 0.2) is 12.1 Å². The third-order valence-electron chi connectivity index (χ3n) is 2.97. The minimum atomic E-state index is -1.13. The second kappa shape index (κ2) is 3.97. The van der Waals surface area contributed by atoms with Crippen molar-refractivity contribution in [2.24, 2.45) is 0 Å². The second-order valence-electron chi connectivity index (χ2n) is 4.54. The van der Waals surface area contributed by atoms with E-state index in [0.29, 0.717) is 13.0 Å². The minimum absolute atomic E-state index is 0.0966. The van der Waals surface area contributed by atoms with Gasteiger partial charge in [-0.05, 0) is 25.5 Å². The van der Waals surface area contributed by atoms with E-state index in [4.69, 9.17) is 5.26 Å². The Labute approximate surface area is 97.9 Å². The van der Waals surface area contributed by atoms with Crippen molar-refractivity contribution in [1.29, 1.82) is 5.26 Å². The number of anilines is 1. The maximum atomic E-state index is 13.7. The first-order valence-corrected chi connectivity index (χ1v) is 5.30. The van der Waals surface area contributed by atoms with Crippen LogP contribution in [0.2, 0.25) is 0 Å². The first-order valence-electron chi connectivity index (χ1n) is 5.30. The summed E-state index contributed by atoms with van der Waals surface area (Å²) in [5.41, 5.74) is -1.09. The Bertz CT molecular complexity index is 494. The summed E-state index contributed by atoms with van der Waals surface area (Å²) in [5, 5.41) is 18.3. The fourth-order valence-electron chi connectivity index (χ4n) is 2.02. The number of rotatable bonds is 1. The highest BCUT2D eigenvalue weighted by Gasteiger charge is 2.33. The normalized spacial score (nSPS) is 23.8. The summed E-state index contributed by atoms with van der Waals surface area (Å²) < 4.78 is 27.1. The smallest absolute Gasteiger partial charge is 0.183 e. The van der Waals surface area contributed by atoms with Crippen molar-refractivity contribution in [3.8, 4) is 6.07 Å². The summed E-state index contributed by atoms with van der Waals surface area (Å²) in [6.45, 7) is 2.38. The molecule has 0 aliphatic carbocycles. The first kappa shape index (κ1) is 11.8. The van der Waals surface area contributed by atoms with Crippen LogP contribution in [0.5, 0.6) is 0 Å². The summed E-state index contributed by atoms with van der Waals surface area (Å²) in [6.07, 6.45) is 0.508. The average Bonchev–Trinajstić information content (AvgIpc) is 2.63. The van der Waals surface area contributed by atoms with E-state index in [1.807, 2.05) is 0 Å². The van der Waals surface area contributed by atoms with Crippen molar-refractivity contribution in [2.45, 2.75) is 18.9 Å². The molecule has 1 fully saturated rings. The van der Waals surface area contributed by atoms with Crippen LogP contribution in [-0.2, 0) is 0 Å². The molecule has 0 bridgehead atoms. The Morgan fingerprint density at radius 3 is 2.65 bits per heavy atom. The third kappa shape index (κ3) is 2.08. The minimum Gasteiger partial charge on any atom is -0.388 e. The Balaban J connectivity index is 2.36. The van der Waals surface area contributed by atoms with Crippen LogP contribution in [0.4, 0.5) is 14.5 Å². The fraction of sp³-hybridized carbons (Fsp3) is 0.417. The van der Waals surface area contributed by atoms with Crippen LogP contribution >= 0.6 is 0 Å². The molecule has 1 N–H and O–H groups in total. The zero-order chi connectivity index (χ0) is 12.6. The van der Waals surface area contributed by atoms with Gasteiger partial charge in [0.1, 0.15) is 6.07 Å². The topological polar surface area (TPSA) is 47.3 Å². The summed E-state index contributed by atoms with van der Waals surface area (Å²) in [4.78, 5) is 1.58. The second-order valence-corrected chi connectivity index (χ2v) is 4.54. The highest BCUT2D eigenvalue weighted by Crippen LogP contribution is 2.30. The zero-order valence-electron chi connectivity index (χ0n) is 9.37. The lowest BCUT2D eigenvalue weighted by atomic mass is 10.1. The molecule has 1 unspecified atom stereocenters. The molecule has 1 aromatic rings. The Morgan fingerprint density at radius 1 is 1.41 bits per heavy atom. The number of aliphatic hydroxyl groups is 1. The molecule has 1 atom stereocenters. The largest absolute Gasteiger partial charge is 0.388 e. The summed E-state index contributed by atoms with van der Waals surface area (Å²) in [6, 6.07) is 4.21. The molecular formula is C12H12F2N2O. The van der Waals surface area contributed by atoms with Crippen LogP contribution in [0.3, 0.4) is 0 Å². The maximum absolute atomic E-state index is 13.7. The summed E-state index contributed by atoms with van der Waals surface area (Å²) in [5.74, 6) is -2.15. The molecular weight excluding hydrogens is 226 g/mol. The molecule has 0 saturated carbocycles. The van der Waals surface area contributed by atoms with E-state index in [-0.39, 0.29) is 17.8 Å². The Kier molecular flexibility index (Phi) is 2.76. The fourth-order valence-corrected chi connectivity index (χ4v) is 2.02. The molecule has 1 heterocycles. The SMILES string of the molecule is CC1(O)CCN(c2ccc(C#N)c(F)c2F)C1. The number of nitriles is 1. The Morgan fingerprint density at radius 2 is 2.12 bits per heavy atom. The third-order valence-corrected chi connectivity index (χ3v) is 2.97. The van der Waals surface area contributed by atoms with Crippen molar-refractivity contribution >= 4 is 5.69 Å². The number of hydrogen-bond donors (Lipinski definition) is 1. The predicted octanol–water partition coefficient (Wildman–Crippen LogP) is 1.80. The lowest BCUT2D eigenvalue weighted by Crippen LogP contribution is -2.30. The molecule has 17 heavy (non-hydrogen) atoms. The van der Waals surface area contributed by atoms with Gasteiger partial charge in [-0.1, -0.05) is 0 Å². The van der Waals surface area contributed by atoms with Gasteiger partial charge in [0.15, 0.2) is 11.6 Å². The van der Waals surface area contributed by atoms with Gasteiger partial charge in [-0.3, -0.25) is 0 Å². The van der Waals surface area contributed by atoms with Crippen molar-refractivity contribution in [3.63, 3.8) is 0 Å². The van der Waals surface area contributed by atoms with E-state index in [2.05, 4.69) is 0 Å². The molecule has 1 saturated heterocycles. The van der Waals surface area contributed by atoms with E-state index in [0.717, 1.165) is 0 Å². The standard InChI is InChI=1S/C12H12F2N2O/c1-12(17)4-5-16(7-12)9-3-2-8(6-15)10(13)11(9)14/h2-3,17H,4-5,7H2,1H3. The number of benzene rings is 1. The molecule has 5 heteroatoms. The molecule has 0 spiro atoms. The molecule has 1 aliphatic rings. The van der Waals surface area contributed by atoms with E-state index >= 15 is 0 Å². The van der Waals surface area contributed by atoms with Crippen LogP contribution in [-0.4, -0.2) is 23.8 Å². The van der Waals surface area contributed by atoms with Crippen LogP contribution in [0, 0.1) is 23.0 Å². The van der Waals surface area contributed by atoms with Gasteiger partial charge in [0, 0.05) is 13.1 Å². The van der Waals surface area contributed by atoms with Gasteiger partial charge in [-0.2, -0.15) is 5.26 Å². The molecule has 3 nitrogen and oxygen atoms in total. The van der Waals surface area contributed by atoms with E-state index in [9.17, 15) is 13.9 Å². The number of hydrogen-bond acceptors (Lipinski definition) is 3. The Hall–Kier alpha value is -1.67. The van der Waals surface area contributed by atoms with E-state index in [1.165, 1.54) is 12.1 Å². The number of β-amino-alcohol motifs (C(OH)–C–C–N with tert-alkyl or cyclic N) is 1. The highest BCUT2D eigenvalue weighted by molar-refractivity contribution is 5.53. The van der Waals surface area contributed by atoms with Gasteiger partial charge in [0.05, 0.1) is 16.9 Å². The van der Waals surface area contributed by atoms with Crippen molar-refractivity contribution in [2.75, 3.05) is 18.0 Å².